The van der Waals surface area contributed by atoms with Crippen molar-refractivity contribution in [1.82, 2.24) is 10.6 Å². The van der Waals surface area contributed by atoms with E-state index in [1.807, 2.05) is 24.3 Å². The van der Waals surface area contributed by atoms with Crippen molar-refractivity contribution in [1.29, 1.82) is 0 Å². The molecule has 0 spiro atoms. The highest BCUT2D eigenvalue weighted by atomic mass is 16.5. The topological polar surface area (TPSA) is 105 Å². The average molecular weight is 465 g/mol. The fraction of sp³-hybridized carbons (Fsp3) is 0.444. The Kier molecular flexibility index (Phi) is 7.50. The fourth-order valence-corrected chi connectivity index (χ4v) is 4.80. The van der Waals surface area contributed by atoms with E-state index >= 15 is 0 Å². The number of carbonyl (C=O) groups is 3. The summed E-state index contributed by atoms with van der Waals surface area (Å²) in [6, 6.07) is 16.0. The summed E-state index contributed by atoms with van der Waals surface area (Å²) in [6.07, 6.45) is 2.73. The SMILES string of the molecule is CCCC[C@H](CC(=O)NCC1CC1C(=O)O)NC(=O)OCC1c2ccccc2-c2ccccc21. The maximum atomic E-state index is 12.6. The zero-order valence-electron chi connectivity index (χ0n) is 19.5. The van der Waals surface area contributed by atoms with E-state index < -0.39 is 12.1 Å². The Morgan fingerprint density at radius 1 is 1.06 bits per heavy atom. The molecule has 3 atom stereocenters. The van der Waals surface area contributed by atoms with Crippen molar-refractivity contribution in [3.8, 4) is 11.1 Å². The number of amides is 2. The molecule has 3 N–H and O–H groups in total. The first-order valence-corrected chi connectivity index (χ1v) is 12.1. The summed E-state index contributed by atoms with van der Waals surface area (Å²) < 4.78 is 5.63. The molecule has 180 valence electrons. The molecule has 0 heterocycles. The summed E-state index contributed by atoms with van der Waals surface area (Å²) in [5.41, 5.74) is 4.65. The zero-order valence-corrected chi connectivity index (χ0v) is 19.5. The van der Waals surface area contributed by atoms with Gasteiger partial charge in [0.25, 0.3) is 0 Å². The van der Waals surface area contributed by atoms with Crippen LogP contribution in [0.3, 0.4) is 0 Å². The highest BCUT2D eigenvalue weighted by molar-refractivity contribution is 5.80. The van der Waals surface area contributed by atoms with Gasteiger partial charge < -0.3 is 20.5 Å². The van der Waals surface area contributed by atoms with Crippen LogP contribution < -0.4 is 10.6 Å². The number of carboxylic acids is 1. The van der Waals surface area contributed by atoms with Crippen molar-refractivity contribution in [3.63, 3.8) is 0 Å². The molecule has 2 aliphatic rings. The lowest BCUT2D eigenvalue weighted by atomic mass is 9.98. The summed E-state index contributed by atoms with van der Waals surface area (Å²) in [4.78, 5) is 36.0. The minimum absolute atomic E-state index is 0.00522. The molecule has 7 heteroatoms. The third-order valence-corrected chi connectivity index (χ3v) is 6.80. The number of hydrogen-bond donors (Lipinski definition) is 3. The number of benzene rings is 2. The van der Waals surface area contributed by atoms with E-state index in [0.717, 1.165) is 24.0 Å². The van der Waals surface area contributed by atoms with Crippen molar-refractivity contribution in [2.75, 3.05) is 13.2 Å². The Bertz CT molecular complexity index is 1010. The molecule has 4 rings (SSSR count). The number of carbonyl (C=O) groups excluding carboxylic acids is 2. The Labute approximate surface area is 199 Å². The quantitative estimate of drug-likeness (QED) is 0.460. The molecule has 0 saturated heterocycles. The van der Waals surface area contributed by atoms with Gasteiger partial charge in [-0.15, -0.1) is 0 Å². The van der Waals surface area contributed by atoms with E-state index in [1.165, 1.54) is 11.1 Å². The minimum atomic E-state index is -0.808. The maximum absolute atomic E-state index is 12.6. The molecule has 7 nitrogen and oxygen atoms in total. The first-order valence-electron chi connectivity index (χ1n) is 12.1. The molecule has 0 bridgehead atoms. The number of rotatable bonds is 11. The van der Waals surface area contributed by atoms with Crippen LogP contribution in [0.5, 0.6) is 0 Å². The summed E-state index contributed by atoms with van der Waals surface area (Å²) in [5.74, 6) is -1.36. The molecule has 2 aromatic rings. The van der Waals surface area contributed by atoms with E-state index in [2.05, 4.69) is 41.8 Å². The molecule has 2 aliphatic carbocycles. The van der Waals surface area contributed by atoms with Crippen molar-refractivity contribution >= 4 is 18.0 Å². The van der Waals surface area contributed by atoms with Crippen LogP contribution in [0.4, 0.5) is 4.79 Å². The summed E-state index contributed by atoms with van der Waals surface area (Å²) in [6.45, 7) is 2.65. The summed E-state index contributed by atoms with van der Waals surface area (Å²) in [7, 11) is 0. The van der Waals surface area contributed by atoms with Crippen LogP contribution in [0.2, 0.25) is 0 Å². The Balaban J connectivity index is 1.30. The number of hydrogen-bond acceptors (Lipinski definition) is 4. The first kappa shape index (κ1) is 23.8. The van der Waals surface area contributed by atoms with Gasteiger partial charge in [0.1, 0.15) is 6.61 Å². The lowest BCUT2D eigenvalue weighted by Gasteiger charge is -2.20. The molecule has 0 radical (unpaired) electrons. The van der Waals surface area contributed by atoms with Gasteiger partial charge in [0.05, 0.1) is 5.92 Å². The van der Waals surface area contributed by atoms with Crippen LogP contribution in [0.15, 0.2) is 48.5 Å². The zero-order chi connectivity index (χ0) is 24.1. The van der Waals surface area contributed by atoms with Crippen LogP contribution in [0.1, 0.15) is 56.1 Å². The van der Waals surface area contributed by atoms with Crippen LogP contribution in [0, 0.1) is 11.8 Å². The van der Waals surface area contributed by atoms with Crippen molar-refractivity contribution < 1.29 is 24.2 Å². The van der Waals surface area contributed by atoms with E-state index in [0.29, 0.717) is 19.4 Å². The van der Waals surface area contributed by atoms with Crippen LogP contribution in [-0.2, 0) is 14.3 Å². The molecular formula is C27H32N2O5. The molecule has 2 amide bonds. The van der Waals surface area contributed by atoms with Gasteiger partial charge in [-0.25, -0.2) is 4.79 Å². The number of carboxylic acid groups (broad SMARTS) is 1. The highest BCUT2D eigenvalue weighted by Crippen LogP contribution is 2.44. The Hall–Kier alpha value is -3.35. The van der Waals surface area contributed by atoms with Gasteiger partial charge in [-0.2, -0.15) is 0 Å². The predicted molar refractivity (Wildman–Crippen MR) is 128 cm³/mol. The van der Waals surface area contributed by atoms with Crippen LogP contribution in [0.25, 0.3) is 11.1 Å². The van der Waals surface area contributed by atoms with Gasteiger partial charge in [0.2, 0.25) is 5.91 Å². The minimum Gasteiger partial charge on any atom is -0.481 e. The van der Waals surface area contributed by atoms with Crippen LogP contribution >= 0.6 is 0 Å². The number of fused-ring (bicyclic) bond motifs is 3. The second-order valence-corrected chi connectivity index (χ2v) is 9.26. The molecule has 1 fully saturated rings. The predicted octanol–water partition coefficient (Wildman–Crippen LogP) is 4.31. The molecule has 1 saturated carbocycles. The molecular weight excluding hydrogens is 432 g/mol. The Morgan fingerprint density at radius 3 is 2.29 bits per heavy atom. The van der Waals surface area contributed by atoms with E-state index in [-0.39, 0.29) is 42.7 Å². The van der Waals surface area contributed by atoms with Crippen LogP contribution in [-0.4, -0.2) is 42.3 Å². The van der Waals surface area contributed by atoms with E-state index in [1.54, 1.807) is 0 Å². The van der Waals surface area contributed by atoms with Gasteiger partial charge in [0.15, 0.2) is 0 Å². The Morgan fingerprint density at radius 2 is 1.71 bits per heavy atom. The van der Waals surface area contributed by atoms with Gasteiger partial charge in [-0.05, 0) is 41.0 Å². The van der Waals surface area contributed by atoms with Crippen molar-refractivity contribution in [3.05, 3.63) is 59.7 Å². The maximum Gasteiger partial charge on any atom is 0.407 e. The second kappa shape index (κ2) is 10.7. The van der Waals surface area contributed by atoms with Gasteiger partial charge >= 0.3 is 12.1 Å². The monoisotopic (exact) mass is 464 g/mol. The first-order chi connectivity index (χ1) is 16.5. The van der Waals surface area contributed by atoms with Gasteiger partial charge in [-0.1, -0.05) is 68.3 Å². The van der Waals surface area contributed by atoms with E-state index in [4.69, 9.17) is 9.84 Å². The van der Waals surface area contributed by atoms with Gasteiger partial charge in [-0.3, -0.25) is 9.59 Å². The van der Waals surface area contributed by atoms with Gasteiger partial charge in [0, 0.05) is 24.9 Å². The smallest absolute Gasteiger partial charge is 0.407 e. The largest absolute Gasteiger partial charge is 0.481 e. The highest BCUT2D eigenvalue weighted by Gasteiger charge is 2.43. The third-order valence-electron chi connectivity index (χ3n) is 6.80. The van der Waals surface area contributed by atoms with E-state index in [9.17, 15) is 14.4 Å². The van der Waals surface area contributed by atoms with Crippen molar-refractivity contribution in [2.24, 2.45) is 11.8 Å². The standard InChI is InChI=1S/C27H32N2O5/c1-2-3-8-18(14-25(30)28-15-17-13-23(17)26(31)32)29-27(33)34-16-24-21-11-6-4-9-19(21)20-10-5-7-12-22(20)24/h4-7,9-12,17-18,23-24H,2-3,8,13-16H2,1H3,(H,28,30)(H,29,33)(H,31,32)/t17?,18-,23?/m1/s1. The summed E-state index contributed by atoms with van der Waals surface area (Å²) in [5, 5.41) is 14.7. The number of aliphatic carboxylic acids is 1. The van der Waals surface area contributed by atoms with Crippen molar-refractivity contribution in [2.45, 2.75) is 51.0 Å². The second-order valence-electron chi connectivity index (χ2n) is 9.26. The molecule has 2 unspecified atom stereocenters. The number of unbranched alkanes of at least 4 members (excludes halogenated alkanes) is 1. The average Bonchev–Trinajstić information content (AvgIpc) is 3.55. The number of alkyl carbamates (subject to hydrolysis) is 1. The molecule has 34 heavy (non-hydrogen) atoms. The number of ether oxygens (including phenoxy) is 1. The molecule has 0 aliphatic heterocycles. The normalized spacial score (nSPS) is 19.0. The third kappa shape index (κ3) is 5.58. The lowest BCUT2D eigenvalue weighted by Crippen LogP contribution is -2.40. The fourth-order valence-electron chi connectivity index (χ4n) is 4.80. The number of nitrogens with one attached hydrogen (secondary N) is 2. The lowest BCUT2D eigenvalue weighted by molar-refractivity contribution is -0.139. The summed E-state index contributed by atoms with van der Waals surface area (Å²) >= 11 is 0. The molecule has 2 aromatic carbocycles. The molecule has 0 aromatic heterocycles.